The number of ether oxygens (including phenoxy) is 2. The molecular weight excluding hydrogens is 575 g/mol. The van der Waals surface area contributed by atoms with Crippen LogP contribution in [-0.4, -0.2) is 42.1 Å². The number of aliphatic hydroxyl groups excluding tert-OH is 1. The topological polar surface area (TPSA) is 90.5 Å². The third-order valence-corrected chi connectivity index (χ3v) is 8.28. The second-order valence-electron chi connectivity index (χ2n) is 10.6. The maximum Gasteiger partial charge on any atom is 0.215 e. The van der Waals surface area contributed by atoms with Crippen molar-refractivity contribution in [2.75, 3.05) is 11.5 Å². The number of halogens is 2. The predicted molar refractivity (Wildman–Crippen MR) is 162 cm³/mol. The molecule has 2 aliphatic rings. The van der Waals surface area contributed by atoms with Crippen molar-refractivity contribution in [3.8, 4) is 5.88 Å². The summed E-state index contributed by atoms with van der Waals surface area (Å²) >= 11 is 12.3. The molecule has 5 heterocycles. The monoisotopic (exact) mass is 602 g/mol. The first-order valence-corrected chi connectivity index (χ1v) is 14.5. The fourth-order valence-electron chi connectivity index (χ4n) is 5.36. The number of aliphatic hydroxyl groups is 1. The molecule has 0 unspecified atom stereocenters. The van der Waals surface area contributed by atoms with E-state index >= 15 is 0 Å². The van der Waals surface area contributed by atoms with Crippen LogP contribution >= 0.6 is 23.2 Å². The fraction of sp³-hybridized carbons (Fsp3) is 0.258. The van der Waals surface area contributed by atoms with E-state index < -0.39 is 0 Å². The van der Waals surface area contributed by atoms with Crippen LogP contribution < -0.4 is 9.64 Å². The number of hydrogen-bond acceptors (Lipinski definition) is 7. The summed E-state index contributed by atoms with van der Waals surface area (Å²) in [5.74, 6) is 2.28. The van der Waals surface area contributed by atoms with Crippen molar-refractivity contribution in [3.05, 3.63) is 106 Å². The number of nitrogens with zero attached hydrogens (tertiary/aromatic N) is 6. The Bertz CT molecular complexity index is 1790. The summed E-state index contributed by atoms with van der Waals surface area (Å²) in [5, 5.41) is 16.0. The van der Waals surface area contributed by atoms with E-state index in [-0.39, 0.29) is 11.9 Å². The van der Waals surface area contributed by atoms with Crippen LogP contribution in [0.2, 0.25) is 10.0 Å². The Morgan fingerprint density at radius 3 is 2.74 bits per heavy atom. The van der Waals surface area contributed by atoms with Crippen molar-refractivity contribution >= 4 is 45.8 Å². The molecular formula is C31H28Cl2N6O3. The van der Waals surface area contributed by atoms with Gasteiger partial charge in [-0.05, 0) is 42.8 Å². The van der Waals surface area contributed by atoms with E-state index in [0.29, 0.717) is 54.3 Å². The Morgan fingerprint density at radius 2 is 1.98 bits per heavy atom. The van der Waals surface area contributed by atoms with Crippen LogP contribution in [0.25, 0.3) is 16.8 Å². The third-order valence-electron chi connectivity index (χ3n) is 7.69. The number of rotatable bonds is 9. The lowest BCUT2D eigenvalue weighted by molar-refractivity contribution is -0.0590. The summed E-state index contributed by atoms with van der Waals surface area (Å²) in [6, 6.07) is 16.8. The second-order valence-corrected chi connectivity index (χ2v) is 11.4. The smallest absolute Gasteiger partial charge is 0.215 e. The largest absolute Gasteiger partial charge is 0.508 e. The average molecular weight is 604 g/mol. The van der Waals surface area contributed by atoms with Crippen LogP contribution in [0, 0.1) is 0 Å². The van der Waals surface area contributed by atoms with Gasteiger partial charge in [0.15, 0.2) is 0 Å². The zero-order chi connectivity index (χ0) is 28.8. The molecule has 7 rings (SSSR count). The highest BCUT2D eigenvalue weighted by Crippen LogP contribution is 2.29. The summed E-state index contributed by atoms with van der Waals surface area (Å²) in [6.45, 7) is 7.34. The van der Waals surface area contributed by atoms with Gasteiger partial charge >= 0.3 is 0 Å². The summed E-state index contributed by atoms with van der Waals surface area (Å²) in [4.78, 5) is 11.8. The number of fused-ring (bicyclic) bond motifs is 2. The highest BCUT2D eigenvalue weighted by atomic mass is 35.5. The second kappa shape index (κ2) is 11.0. The standard InChI is InChI=1S/C31H28Cl2N6O3/c1-19(40)20-6-8-26-28(11-20)39(15-24-9-10-41-24)30(34-26)17-38-14-22-13-37(16-27(22)36-38)29-3-2-4-31(35-29)42-18-21-5-7-23(32)12-25(21)33/h2-8,11-12,14,24,40H,1,9-10,13,15-18H2/t24-/m0/s1. The minimum Gasteiger partial charge on any atom is -0.508 e. The van der Waals surface area contributed by atoms with Crippen LogP contribution in [0.3, 0.4) is 0 Å². The summed E-state index contributed by atoms with van der Waals surface area (Å²) in [6.07, 6.45) is 3.27. The van der Waals surface area contributed by atoms with Crippen LogP contribution in [0.5, 0.6) is 5.88 Å². The number of aromatic nitrogens is 5. The molecule has 214 valence electrons. The van der Waals surface area contributed by atoms with Crippen molar-refractivity contribution in [3.63, 3.8) is 0 Å². The zero-order valence-electron chi connectivity index (χ0n) is 22.7. The van der Waals surface area contributed by atoms with E-state index in [9.17, 15) is 5.11 Å². The Kier molecular flexibility index (Phi) is 7.01. The van der Waals surface area contributed by atoms with Gasteiger partial charge in [0.25, 0.3) is 0 Å². The minimum atomic E-state index is 0.0386. The van der Waals surface area contributed by atoms with Gasteiger partial charge in [0.2, 0.25) is 5.88 Å². The number of imidazole rings is 1. The van der Waals surface area contributed by atoms with Crippen molar-refractivity contribution < 1.29 is 14.6 Å². The Morgan fingerprint density at radius 1 is 1.10 bits per heavy atom. The van der Waals surface area contributed by atoms with Crippen LogP contribution in [0.1, 0.15) is 34.6 Å². The van der Waals surface area contributed by atoms with E-state index in [1.54, 1.807) is 12.1 Å². The summed E-state index contributed by atoms with van der Waals surface area (Å²) in [7, 11) is 0. The lowest BCUT2D eigenvalue weighted by Gasteiger charge is -2.27. The van der Waals surface area contributed by atoms with Crippen LogP contribution in [0.15, 0.2) is 67.4 Å². The zero-order valence-corrected chi connectivity index (χ0v) is 24.2. The number of pyridine rings is 1. The molecule has 1 fully saturated rings. The number of anilines is 1. The molecule has 0 amide bonds. The van der Waals surface area contributed by atoms with Gasteiger partial charge in [-0.1, -0.05) is 41.9 Å². The molecule has 42 heavy (non-hydrogen) atoms. The lowest BCUT2D eigenvalue weighted by Crippen LogP contribution is -2.32. The van der Waals surface area contributed by atoms with Gasteiger partial charge in [0.05, 0.1) is 42.5 Å². The molecule has 0 radical (unpaired) electrons. The molecule has 0 aliphatic carbocycles. The lowest BCUT2D eigenvalue weighted by atomic mass is 10.1. The van der Waals surface area contributed by atoms with Gasteiger partial charge in [-0.15, -0.1) is 0 Å². The molecule has 0 bridgehead atoms. The first-order valence-electron chi connectivity index (χ1n) is 13.7. The average Bonchev–Trinajstić information content (AvgIpc) is 3.61. The first kappa shape index (κ1) is 26.8. The predicted octanol–water partition coefficient (Wildman–Crippen LogP) is 6.40. The molecule has 1 saturated heterocycles. The maximum absolute atomic E-state index is 9.95. The highest BCUT2D eigenvalue weighted by molar-refractivity contribution is 6.35. The van der Waals surface area contributed by atoms with Crippen molar-refractivity contribution in [2.45, 2.75) is 45.3 Å². The normalized spacial score (nSPS) is 16.0. The molecule has 2 aromatic carbocycles. The minimum absolute atomic E-state index is 0.0386. The van der Waals surface area contributed by atoms with Gasteiger partial charge < -0.3 is 24.0 Å². The van der Waals surface area contributed by atoms with E-state index in [4.69, 9.17) is 47.7 Å². The highest BCUT2D eigenvalue weighted by Gasteiger charge is 2.26. The molecule has 1 atom stereocenters. The van der Waals surface area contributed by atoms with Crippen molar-refractivity contribution in [1.29, 1.82) is 0 Å². The van der Waals surface area contributed by atoms with E-state index in [2.05, 4.69) is 22.2 Å². The molecule has 0 spiro atoms. The molecule has 3 aromatic heterocycles. The van der Waals surface area contributed by atoms with Crippen LogP contribution in [-0.2, 0) is 37.5 Å². The third kappa shape index (κ3) is 5.31. The van der Waals surface area contributed by atoms with Gasteiger partial charge in [0.1, 0.15) is 24.0 Å². The molecule has 11 heteroatoms. The first-order chi connectivity index (χ1) is 20.4. The molecule has 0 saturated carbocycles. The van der Waals surface area contributed by atoms with Gasteiger partial charge in [-0.2, -0.15) is 10.1 Å². The fourth-order valence-corrected chi connectivity index (χ4v) is 5.82. The van der Waals surface area contributed by atoms with Gasteiger partial charge in [0, 0.05) is 52.2 Å². The van der Waals surface area contributed by atoms with Gasteiger partial charge in [-0.25, -0.2) is 4.98 Å². The Balaban J connectivity index is 1.06. The molecule has 9 nitrogen and oxygen atoms in total. The summed E-state index contributed by atoms with van der Waals surface area (Å²) < 4.78 is 15.8. The van der Waals surface area contributed by atoms with E-state index in [0.717, 1.165) is 52.5 Å². The van der Waals surface area contributed by atoms with E-state index in [1.165, 1.54) is 0 Å². The number of benzene rings is 2. The Hall–Kier alpha value is -4.05. The molecule has 1 N–H and O–H groups in total. The van der Waals surface area contributed by atoms with Crippen LogP contribution in [0.4, 0.5) is 5.82 Å². The molecule has 5 aromatic rings. The van der Waals surface area contributed by atoms with E-state index in [1.807, 2.05) is 47.1 Å². The van der Waals surface area contributed by atoms with Crippen molar-refractivity contribution in [2.24, 2.45) is 0 Å². The number of hydrogen-bond donors (Lipinski definition) is 1. The quantitative estimate of drug-likeness (QED) is 0.195. The molecule has 2 aliphatic heterocycles. The van der Waals surface area contributed by atoms with Crippen molar-refractivity contribution in [1.82, 2.24) is 24.3 Å². The maximum atomic E-state index is 9.95. The van der Waals surface area contributed by atoms with Gasteiger partial charge in [-0.3, -0.25) is 4.68 Å². The SMILES string of the molecule is C=C(O)c1ccc2nc(Cn3cc4c(n3)CN(c3cccc(OCc5ccc(Cl)cc5Cl)n3)C4)n(C[C@@H]3CCO3)c2c1. The summed E-state index contributed by atoms with van der Waals surface area (Å²) in [5.41, 5.74) is 5.51. The Labute approximate surface area is 252 Å².